The van der Waals surface area contributed by atoms with Crippen LogP contribution in [0.25, 0.3) is 11.4 Å². The number of amides is 1. The van der Waals surface area contributed by atoms with E-state index in [1.54, 1.807) is 38.5 Å². The van der Waals surface area contributed by atoms with Gasteiger partial charge >= 0.3 is 6.36 Å². The molecule has 0 aliphatic rings. The summed E-state index contributed by atoms with van der Waals surface area (Å²) in [5.41, 5.74) is 1.52. The van der Waals surface area contributed by atoms with Crippen molar-refractivity contribution in [3.05, 3.63) is 76.0 Å². The topological polar surface area (TPSA) is 88.2 Å². The molecule has 2 aromatic heterocycles. The molecule has 0 fully saturated rings. The van der Waals surface area contributed by atoms with E-state index in [-0.39, 0.29) is 30.2 Å². The first-order valence-electron chi connectivity index (χ1n) is 9.21. The van der Waals surface area contributed by atoms with Crippen molar-refractivity contribution in [1.29, 1.82) is 0 Å². The lowest BCUT2D eigenvalue weighted by Gasteiger charge is -2.18. The molecule has 0 atom stereocenters. The molecule has 7 nitrogen and oxygen atoms in total. The number of halogens is 3. The Morgan fingerprint density at radius 1 is 1.19 bits per heavy atom. The fourth-order valence-corrected chi connectivity index (χ4v) is 2.90. The monoisotopic (exact) mass is 432 g/mol. The highest BCUT2D eigenvalue weighted by Gasteiger charge is 2.31. The normalized spacial score (nSPS) is 11.3. The van der Waals surface area contributed by atoms with Crippen LogP contribution in [0.3, 0.4) is 0 Å². The number of nitrogens with one attached hydrogen (secondary N) is 1. The zero-order chi connectivity index (χ0) is 22.6. The molecule has 0 bridgehead atoms. The van der Waals surface area contributed by atoms with Crippen LogP contribution < -0.4 is 10.3 Å². The summed E-state index contributed by atoms with van der Waals surface area (Å²) < 4.78 is 40.5. The number of carbonyl (C=O) groups is 1. The van der Waals surface area contributed by atoms with Crippen molar-refractivity contribution < 1.29 is 22.7 Å². The Kier molecular flexibility index (Phi) is 6.38. The van der Waals surface area contributed by atoms with Crippen molar-refractivity contribution in [2.24, 2.45) is 0 Å². The zero-order valence-corrected chi connectivity index (χ0v) is 16.7. The minimum atomic E-state index is -4.76. The lowest BCUT2D eigenvalue weighted by atomic mass is 10.1. The van der Waals surface area contributed by atoms with Crippen molar-refractivity contribution in [2.75, 3.05) is 7.05 Å². The highest BCUT2D eigenvalue weighted by molar-refractivity contribution is 5.78. The number of rotatable bonds is 6. The number of aryl methyl sites for hydroxylation is 1. The number of aromatic nitrogens is 3. The van der Waals surface area contributed by atoms with Gasteiger partial charge in [-0.2, -0.15) is 0 Å². The number of nitrogens with zero attached hydrogens (tertiary/aromatic N) is 3. The zero-order valence-electron chi connectivity index (χ0n) is 16.7. The Hall–Kier alpha value is -3.69. The predicted octanol–water partition coefficient (Wildman–Crippen LogP) is 3.24. The maximum Gasteiger partial charge on any atom is 0.573 e. The standard InChI is InChI=1S/C21H19F3N4O3/c1-13-17(20(30)27-19(26-13)15-4-3-9-25-11-15)10-18(29)28(2)12-14-5-7-16(8-6-14)31-21(22,23)24/h3-9,11H,10,12H2,1-2H3,(H,26,27,30). The highest BCUT2D eigenvalue weighted by Crippen LogP contribution is 2.23. The van der Waals surface area contributed by atoms with Crippen LogP contribution in [0.2, 0.25) is 0 Å². The van der Waals surface area contributed by atoms with Crippen LogP contribution in [0.1, 0.15) is 16.8 Å². The first kappa shape index (κ1) is 22.0. The number of carbonyl (C=O) groups excluding carboxylic acids is 1. The van der Waals surface area contributed by atoms with Gasteiger partial charge in [-0.25, -0.2) is 4.98 Å². The molecule has 0 aliphatic heterocycles. The molecule has 1 aromatic carbocycles. The average molecular weight is 432 g/mol. The Balaban J connectivity index is 1.68. The van der Waals surface area contributed by atoms with Gasteiger partial charge in [0.2, 0.25) is 5.91 Å². The number of likely N-dealkylation sites (N-methyl/N-ethyl adjacent to an activating group) is 1. The summed E-state index contributed by atoms with van der Waals surface area (Å²) in [6.07, 6.45) is -1.75. The van der Waals surface area contributed by atoms with Crippen LogP contribution in [0.15, 0.2) is 53.6 Å². The quantitative estimate of drug-likeness (QED) is 0.646. The van der Waals surface area contributed by atoms with Crippen molar-refractivity contribution in [2.45, 2.75) is 26.3 Å². The number of ether oxygens (including phenoxy) is 1. The molecular formula is C21H19F3N4O3. The van der Waals surface area contributed by atoms with Gasteiger partial charge in [0.25, 0.3) is 5.56 Å². The maximum absolute atomic E-state index is 12.6. The predicted molar refractivity (Wildman–Crippen MR) is 106 cm³/mol. The van der Waals surface area contributed by atoms with Gasteiger partial charge in [-0.05, 0) is 36.8 Å². The Morgan fingerprint density at radius 2 is 1.90 bits per heavy atom. The van der Waals surface area contributed by atoms with Gasteiger partial charge in [0, 0.05) is 42.8 Å². The molecule has 0 spiro atoms. The summed E-state index contributed by atoms with van der Waals surface area (Å²) in [6, 6.07) is 8.71. The summed E-state index contributed by atoms with van der Waals surface area (Å²) in [5.74, 6) is -0.311. The second-order valence-electron chi connectivity index (χ2n) is 6.84. The van der Waals surface area contributed by atoms with Gasteiger partial charge in [0.05, 0.1) is 6.42 Å². The number of hydrogen-bond donors (Lipinski definition) is 1. The second kappa shape index (κ2) is 8.99. The number of H-pyrrole nitrogens is 1. The average Bonchev–Trinajstić information content (AvgIpc) is 2.71. The molecule has 0 saturated heterocycles. The Bertz CT molecular complexity index is 1110. The van der Waals surface area contributed by atoms with Crippen LogP contribution in [0.5, 0.6) is 5.75 Å². The fourth-order valence-electron chi connectivity index (χ4n) is 2.90. The van der Waals surface area contributed by atoms with E-state index in [1.165, 1.54) is 29.2 Å². The highest BCUT2D eigenvalue weighted by atomic mass is 19.4. The maximum atomic E-state index is 12.6. The molecule has 0 radical (unpaired) electrons. The van der Waals surface area contributed by atoms with E-state index >= 15 is 0 Å². The van der Waals surface area contributed by atoms with E-state index in [1.807, 2.05) is 0 Å². The Morgan fingerprint density at radius 3 is 2.48 bits per heavy atom. The lowest BCUT2D eigenvalue weighted by Crippen LogP contribution is -2.30. The third kappa shape index (κ3) is 5.91. The minimum absolute atomic E-state index is 0.156. The smallest absolute Gasteiger partial charge is 0.406 e. The van der Waals surface area contributed by atoms with Gasteiger partial charge in [0.15, 0.2) is 0 Å². The first-order chi connectivity index (χ1) is 14.6. The molecule has 0 unspecified atom stereocenters. The van der Waals surface area contributed by atoms with E-state index in [0.717, 1.165) is 0 Å². The van der Waals surface area contributed by atoms with E-state index in [4.69, 9.17) is 0 Å². The summed E-state index contributed by atoms with van der Waals surface area (Å²) in [5, 5.41) is 0. The van der Waals surface area contributed by atoms with Crippen molar-refractivity contribution in [3.8, 4) is 17.1 Å². The molecule has 3 aromatic rings. The molecule has 31 heavy (non-hydrogen) atoms. The van der Waals surface area contributed by atoms with Gasteiger partial charge in [-0.3, -0.25) is 14.6 Å². The molecule has 162 valence electrons. The fraction of sp³-hybridized carbons (Fsp3) is 0.238. The van der Waals surface area contributed by atoms with Gasteiger partial charge < -0.3 is 14.6 Å². The first-order valence-corrected chi connectivity index (χ1v) is 9.21. The molecule has 2 heterocycles. The number of hydrogen-bond acceptors (Lipinski definition) is 5. The molecule has 0 saturated carbocycles. The van der Waals surface area contributed by atoms with Crippen molar-refractivity contribution >= 4 is 5.91 Å². The third-order valence-electron chi connectivity index (χ3n) is 4.49. The molecule has 1 N–H and O–H groups in total. The molecular weight excluding hydrogens is 413 g/mol. The van der Waals surface area contributed by atoms with Gasteiger partial charge in [-0.15, -0.1) is 13.2 Å². The third-order valence-corrected chi connectivity index (χ3v) is 4.49. The van der Waals surface area contributed by atoms with Gasteiger partial charge in [-0.1, -0.05) is 12.1 Å². The summed E-state index contributed by atoms with van der Waals surface area (Å²) in [7, 11) is 1.55. The van der Waals surface area contributed by atoms with Crippen molar-refractivity contribution in [3.63, 3.8) is 0 Å². The lowest BCUT2D eigenvalue weighted by molar-refractivity contribution is -0.274. The van der Waals surface area contributed by atoms with Crippen LogP contribution in [0, 0.1) is 6.92 Å². The minimum Gasteiger partial charge on any atom is -0.406 e. The van der Waals surface area contributed by atoms with Crippen LogP contribution in [-0.2, 0) is 17.8 Å². The van der Waals surface area contributed by atoms with Crippen molar-refractivity contribution in [1.82, 2.24) is 19.9 Å². The second-order valence-corrected chi connectivity index (χ2v) is 6.84. The van der Waals surface area contributed by atoms with Crippen LogP contribution in [-0.4, -0.2) is 39.2 Å². The largest absolute Gasteiger partial charge is 0.573 e. The molecule has 1 amide bonds. The molecule has 0 aliphatic carbocycles. The SMILES string of the molecule is Cc1nc(-c2cccnc2)[nH]c(=O)c1CC(=O)N(C)Cc1ccc(OC(F)(F)F)cc1. The molecule has 3 rings (SSSR count). The number of aromatic amines is 1. The summed E-state index contributed by atoms with van der Waals surface area (Å²) >= 11 is 0. The number of benzene rings is 1. The van der Waals surface area contributed by atoms with Crippen LogP contribution >= 0.6 is 0 Å². The summed E-state index contributed by atoms with van der Waals surface area (Å²) in [6.45, 7) is 1.81. The summed E-state index contributed by atoms with van der Waals surface area (Å²) in [4.78, 5) is 37.5. The van der Waals surface area contributed by atoms with E-state index in [2.05, 4.69) is 19.7 Å². The Labute approximate surface area is 175 Å². The van der Waals surface area contributed by atoms with Gasteiger partial charge in [0.1, 0.15) is 11.6 Å². The molecule has 10 heteroatoms. The van der Waals surface area contributed by atoms with E-state index < -0.39 is 11.9 Å². The number of alkyl halides is 3. The van der Waals surface area contributed by atoms with E-state index in [0.29, 0.717) is 22.6 Å². The van der Waals surface area contributed by atoms with Crippen LogP contribution in [0.4, 0.5) is 13.2 Å². The number of pyridine rings is 1. The van der Waals surface area contributed by atoms with E-state index in [9.17, 15) is 22.8 Å².